The lowest BCUT2D eigenvalue weighted by Gasteiger charge is -2.47. The molecule has 2 bridgehead atoms. The second-order valence-corrected chi connectivity index (χ2v) is 6.08. The lowest BCUT2D eigenvalue weighted by atomic mass is 9.67. The number of aliphatic hydroxyl groups is 1. The van der Waals surface area contributed by atoms with Gasteiger partial charge in [0.1, 0.15) is 0 Å². The van der Waals surface area contributed by atoms with Crippen LogP contribution in [0.4, 0.5) is 0 Å². The van der Waals surface area contributed by atoms with Crippen LogP contribution < -0.4 is 0 Å². The normalized spacial score (nSPS) is 47.9. The largest absolute Gasteiger partial charge is 0.368 e. The molecule has 0 aromatic rings. The third-order valence-corrected chi connectivity index (χ3v) is 5.30. The fourth-order valence-corrected chi connectivity index (χ4v) is 3.81. The van der Waals surface area contributed by atoms with Crippen molar-refractivity contribution in [3.05, 3.63) is 0 Å². The van der Waals surface area contributed by atoms with Gasteiger partial charge in [0.25, 0.3) is 0 Å². The fraction of sp³-hybridized carbons (Fsp3) is 0.917. The van der Waals surface area contributed by atoms with Crippen LogP contribution in [-0.4, -0.2) is 35.6 Å². The molecular weight excluding hydrogens is 190 g/mol. The maximum Gasteiger partial charge on any atom is 0.184 e. The van der Waals surface area contributed by atoms with Gasteiger partial charge in [-0.1, -0.05) is 20.8 Å². The minimum Gasteiger partial charge on any atom is -0.368 e. The highest BCUT2D eigenvalue weighted by atomic mass is 16.3. The van der Waals surface area contributed by atoms with Gasteiger partial charge < -0.3 is 5.11 Å². The summed E-state index contributed by atoms with van der Waals surface area (Å²) >= 11 is 0. The van der Waals surface area contributed by atoms with Crippen molar-refractivity contribution in [2.24, 2.45) is 16.7 Å². The number of Topliss-reactive ketones (excluding diaryl/α,β-unsaturated/α-hetero) is 1. The maximum absolute atomic E-state index is 12.3. The van der Waals surface area contributed by atoms with E-state index in [1.807, 2.05) is 0 Å². The van der Waals surface area contributed by atoms with Gasteiger partial charge in [0, 0.05) is 11.3 Å². The van der Waals surface area contributed by atoms with Crippen LogP contribution in [0.25, 0.3) is 0 Å². The Labute approximate surface area is 91.5 Å². The summed E-state index contributed by atoms with van der Waals surface area (Å²) in [6.45, 7) is 6.28. The molecule has 0 spiro atoms. The molecule has 2 aliphatic carbocycles. The summed E-state index contributed by atoms with van der Waals surface area (Å²) in [5.41, 5.74) is -1.67. The molecule has 1 N–H and O–H groups in total. The molecule has 0 radical (unpaired) electrons. The van der Waals surface area contributed by atoms with E-state index in [-0.39, 0.29) is 22.5 Å². The highest BCUT2D eigenvalue weighted by molar-refractivity contribution is 5.94. The maximum atomic E-state index is 12.3. The first-order valence-corrected chi connectivity index (χ1v) is 5.63. The van der Waals surface area contributed by atoms with E-state index in [2.05, 4.69) is 20.8 Å². The van der Waals surface area contributed by atoms with Crippen LogP contribution in [0.5, 0.6) is 0 Å². The molecule has 15 heavy (non-hydrogen) atoms. The molecule has 3 atom stereocenters. The number of likely N-dealkylation sites (N-methyl/N-ethyl adjacent to an activating group) is 1. The van der Waals surface area contributed by atoms with Gasteiger partial charge >= 0.3 is 0 Å². The third kappa shape index (κ3) is 0.878. The lowest BCUT2D eigenvalue weighted by molar-refractivity contribution is -0.186. The number of ketones is 1. The second kappa shape index (κ2) is 2.64. The molecule has 0 heterocycles. The number of hydrogen-bond donors (Lipinski definition) is 1. The summed E-state index contributed by atoms with van der Waals surface area (Å²) in [4.78, 5) is 14.0. The predicted molar refractivity (Wildman–Crippen MR) is 58.3 cm³/mol. The summed E-state index contributed by atoms with van der Waals surface area (Å²) in [6, 6.07) is 0. The molecule has 0 aromatic heterocycles. The third-order valence-electron chi connectivity index (χ3n) is 5.30. The van der Waals surface area contributed by atoms with Crippen LogP contribution in [0.2, 0.25) is 0 Å². The molecule has 86 valence electrons. The Morgan fingerprint density at radius 1 is 1.33 bits per heavy atom. The van der Waals surface area contributed by atoms with E-state index < -0.39 is 5.72 Å². The number of hydrogen-bond acceptors (Lipinski definition) is 3. The fourth-order valence-electron chi connectivity index (χ4n) is 3.81. The zero-order valence-electron chi connectivity index (χ0n) is 10.3. The lowest BCUT2D eigenvalue weighted by Crippen LogP contribution is -2.60. The van der Waals surface area contributed by atoms with Gasteiger partial charge in [-0.15, -0.1) is 0 Å². The van der Waals surface area contributed by atoms with Crippen LogP contribution in [0.1, 0.15) is 33.6 Å². The summed E-state index contributed by atoms with van der Waals surface area (Å²) < 4.78 is 0. The molecule has 0 saturated heterocycles. The highest BCUT2D eigenvalue weighted by Gasteiger charge is 2.74. The number of fused-ring (bicyclic) bond motifs is 2. The average Bonchev–Trinajstić information content (AvgIpc) is 2.40. The van der Waals surface area contributed by atoms with E-state index in [0.29, 0.717) is 0 Å². The number of rotatable bonds is 1. The van der Waals surface area contributed by atoms with Crippen LogP contribution in [0.15, 0.2) is 0 Å². The average molecular weight is 211 g/mol. The van der Waals surface area contributed by atoms with E-state index in [0.717, 1.165) is 12.8 Å². The van der Waals surface area contributed by atoms with E-state index in [1.54, 1.807) is 19.0 Å². The van der Waals surface area contributed by atoms with Gasteiger partial charge in [0.2, 0.25) is 0 Å². The summed E-state index contributed by atoms with van der Waals surface area (Å²) in [5.74, 6) is 0.0427. The molecule has 0 amide bonds. The Morgan fingerprint density at radius 2 is 1.87 bits per heavy atom. The van der Waals surface area contributed by atoms with Gasteiger partial charge in [-0.3, -0.25) is 9.69 Å². The molecule has 2 rings (SSSR count). The monoisotopic (exact) mass is 211 g/mol. The first-order chi connectivity index (χ1) is 6.69. The molecule has 3 nitrogen and oxygen atoms in total. The van der Waals surface area contributed by atoms with Crippen molar-refractivity contribution in [1.29, 1.82) is 0 Å². The minimum atomic E-state index is -1.26. The second-order valence-electron chi connectivity index (χ2n) is 6.08. The van der Waals surface area contributed by atoms with Gasteiger partial charge in [-0.2, -0.15) is 0 Å². The van der Waals surface area contributed by atoms with Crippen molar-refractivity contribution in [2.75, 3.05) is 14.1 Å². The first kappa shape index (κ1) is 11.1. The summed E-state index contributed by atoms with van der Waals surface area (Å²) in [6.07, 6.45) is 1.86. The zero-order valence-corrected chi connectivity index (χ0v) is 10.3. The smallest absolute Gasteiger partial charge is 0.184 e. The van der Waals surface area contributed by atoms with Gasteiger partial charge in [0.05, 0.1) is 0 Å². The first-order valence-electron chi connectivity index (χ1n) is 5.63. The van der Waals surface area contributed by atoms with Gasteiger partial charge in [-0.25, -0.2) is 0 Å². The SMILES string of the molecule is CN(C)[C@@]1(O)C(=O)[C@H]2CC[C@@]1(C)C2(C)C. The van der Waals surface area contributed by atoms with Crippen molar-refractivity contribution in [2.45, 2.75) is 39.3 Å². The van der Waals surface area contributed by atoms with Crippen molar-refractivity contribution >= 4 is 5.78 Å². The number of nitrogens with zero attached hydrogens (tertiary/aromatic N) is 1. The van der Waals surface area contributed by atoms with Crippen molar-refractivity contribution in [3.63, 3.8) is 0 Å². The van der Waals surface area contributed by atoms with Crippen molar-refractivity contribution < 1.29 is 9.90 Å². The van der Waals surface area contributed by atoms with Gasteiger partial charge in [-0.05, 0) is 32.4 Å². The number of carbonyl (C=O) groups is 1. The molecule has 2 fully saturated rings. The Morgan fingerprint density at radius 3 is 2.13 bits per heavy atom. The molecule has 2 saturated carbocycles. The Bertz CT molecular complexity index is 324. The van der Waals surface area contributed by atoms with Crippen LogP contribution in [0.3, 0.4) is 0 Å². The highest BCUT2D eigenvalue weighted by Crippen LogP contribution is 2.68. The topological polar surface area (TPSA) is 40.5 Å². The van der Waals surface area contributed by atoms with E-state index in [9.17, 15) is 9.90 Å². The summed E-state index contributed by atoms with van der Waals surface area (Å²) in [7, 11) is 3.58. The molecular formula is C12H21NO2. The van der Waals surface area contributed by atoms with Crippen molar-refractivity contribution in [1.82, 2.24) is 4.90 Å². The Balaban J connectivity index is 2.59. The van der Waals surface area contributed by atoms with Crippen LogP contribution in [0, 0.1) is 16.7 Å². The predicted octanol–water partition coefficient (Wildman–Crippen LogP) is 1.26. The Hall–Kier alpha value is -0.410. The molecule has 0 aromatic carbocycles. The Kier molecular flexibility index (Phi) is 1.95. The van der Waals surface area contributed by atoms with Gasteiger partial charge in [0.15, 0.2) is 11.5 Å². The number of carbonyl (C=O) groups excluding carboxylic acids is 1. The van der Waals surface area contributed by atoms with E-state index in [1.165, 1.54) is 0 Å². The molecule has 2 aliphatic rings. The zero-order chi connectivity index (χ0) is 11.6. The van der Waals surface area contributed by atoms with E-state index >= 15 is 0 Å². The molecule has 0 unspecified atom stereocenters. The van der Waals surface area contributed by atoms with Crippen LogP contribution in [-0.2, 0) is 4.79 Å². The molecule has 0 aliphatic heterocycles. The van der Waals surface area contributed by atoms with Crippen LogP contribution >= 0.6 is 0 Å². The van der Waals surface area contributed by atoms with E-state index in [4.69, 9.17) is 0 Å². The standard InChI is InChI=1S/C12H21NO2/c1-10(2)8-6-7-11(10,3)12(15,9(8)14)13(4)5/h8,15H,6-7H2,1-5H3/t8-,11+,12-/m1/s1. The summed E-state index contributed by atoms with van der Waals surface area (Å²) in [5, 5.41) is 10.7. The molecule has 3 heteroatoms. The minimum absolute atomic E-state index is 0.0197. The quantitative estimate of drug-likeness (QED) is 0.664. The van der Waals surface area contributed by atoms with Crippen molar-refractivity contribution in [3.8, 4) is 0 Å².